The Morgan fingerprint density at radius 3 is 2.08 bits per heavy atom. The highest BCUT2D eigenvalue weighted by Crippen LogP contribution is 2.10. The van der Waals surface area contributed by atoms with Gasteiger partial charge in [0.25, 0.3) is 0 Å². The van der Waals surface area contributed by atoms with Crippen molar-refractivity contribution in [2.75, 3.05) is 0 Å². The van der Waals surface area contributed by atoms with E-state index < -0.39 is 10.4 Å². The number of hydrogen-bond donors (Lipinski definition) is 3. The molecule has 0 spiro atoms. The van der Waals surface area contributed by atoms with Crippen LogP contribution in [-0.4, -0.2) is 27.6 Å². The Balaban J connectivity index is 0.000000252. The van der Waals surface area contributed by atoms with Gasteiger partial charge in [0.15, 0.2) is 0 Å². The van der Waals surface area contributed by atoms with Gasteiger partial charge in [0, 0.05) is 6.20 Å². The Kier molecular flexibility index (Phi) is 4.32. The molecule has 1 aromatic rings. The summed E-state index contributed by atoms with van der Waals surface area (Å²) in [6, 6.07) is 1.76. The Morgan fingerprint density at radius 1 is 1.38 bits per heavy atom. The molecule has 13 heavy (non-hydrogen) atoms. The number of aromatic nitrogens is 1. The first kappa shape index (κ1) is 11.8. The van der Waals surface area contributed by atoms with E-state index in [-0.39, 0.29) is 5.75 Å². The van der Waals surface area contributed by atoms with Crippen molar-refractivity contribution < 1.29 is 22.6 Å². The normalized spacial score (nSPS) is 10.1. The molecule has 0 saturated heterocycles. The molecule has 0 atom stereocenters. The lowest BCUT2D eigenvalue weighted by atomic mass is 10.3. The standard InChI is InChI=1S/C6H7NO.H2O4S/c1-5-2-3-7-4-6(5)8;1-5(2,3)4/h2-4,8H,1H3;(H2,1,2,3,4). The number of rotatable bonds is 0. The predicted molar refractivity (Wildman–Crippen MR) is 44.8 cm³/mol. The summed E-state index contributed by atoms with van der Waals surface area (Å²) < 4.78 is 31.6. The van der Waals surface area contributed by atoms with E-state index in [1.165, 1.54) is 6.20 Å². The van der Waals surface area contributed by atoms with Gasteiger partial charge in [-0.2, -0.15) is 8.42 Å². The summed E-state index contributed by atoms with van der Waals surface area (Å²) in [6.45, 7) is 1.83. The summed E-state index contributed by atoms with van der Waals surface area (Å²) in [5, 5.41) is 8.86. The lowest BCUT2D eigenvalue weighted by Crippen LogP contribution is -1.89. The maximum Gasteiger partial charge on any atom is 0.394 e. The minimum Gasteiger partial charge on any atom is -0.506 e. The van der Waals surface area contributed by atoms with Gasteiger partial charge in [0.1, 0.15) is 5.75 Å². The first-order chi connectivity index (χ1) is 5.80. The Hall–Kier alpha value is -1.18. The van der Waals surface area contributed by atoms with Crippen LogP contribution in [0.25, 0.3) is 0 Å². The van der Waals surface area contributed by atoms with Gasteiger partial charge in [-0.25, -0.2) is 0 Å². The summed E-state index contributed by atoms with van der Waals surface area (Å²) in [7, 11) is -4.67. The molecule has 1 aromatic heterocycles. The fraction of sp³-hybridized carbons (Fsp3) is 0.167. The molecule has 0 fully saturated rings. The molecule has 74 valence electrons. The van der Waals surface area contributed by atoms with Gasteiger partial charge in [0.2, 0.25) is 0 Å². The van der Waals surface area contributed by atoms with Crippen LogP contribution in [0.15, 0.2) is 18.5 Å². The molecule has 3 N–H and O–H groups in total. The van der Waals surface area contributed by atoms with E-state index in [1.807, 2.05) is 6.92 Å². The molecular formula is C6H9NO5S. The average Bonchev–Trinajstić information content (AvgIpc) is 1.92. The zero-order chi connectivity index (χ0) is 10.5. The zero-order valence-corrected chi connectivity index (χ0v) is 7.56. The molecule has 6 nitrogen and oxygen atoms in total. The van der Waals surface area contributed by atoms with Crippen molar-refractivity contribution in [2.45, 2.75) is 6.92 Å². The minimum absolute atomic E-state index is 0.257. The SMILES string of the molecule is Cc1ccncc1O.O=S(=O)(O)O. The van der Waals surface area contributed by atoms with Gasteiger partial charge in [0.05, 0.1) is 6.20 Å². The van der Waals surface area contributed by atoms with Crippen LogP contribution in [0.2, 0.25) is 0 Å². The van der Waals surface area contributed by atoms with E-state index >= 15 is 0 Å². The lowest BCUT2D eigenvalue weighted by molar-refractivity contribution is 0.381. The van der Waals surface area contributed by atoms with Crippen molar-refractivity contribution in [3.05, 3.63) is 24.0 Å². The van der Waals surface area contributed by atoms with Crippen LogP contribution in [0.4, 0.5) is 0 Å². The summed E-state index contributed by atoms with van der Waals surface area (Å²) in [5.41, 5.74) is 0.861. The minimum atomic E-state index is -4.67. The number of aromatic hydroxyl groups is 1. The second-order valence-corrected chi connectivity index (χ2v) is 3.01. The highest BCUT2D eigenvalue weighted by Gasteiger charge is 1.88. The van der Waals surface area contributed by atoms with E-state index in [0.29, 0.717) is 0 Å². The molecule has 0 saturated carbocycles. The van der Waals surface area contributed by atoms with Gasteiger partial charge in [-0.1, -0.05) is 0 Å². The van der Waals surface area contributed by atoms with Crippen LogP contribution < -0.4 is 0 Å². The molecule has 0 aromatic carbocycles. The van der Waals surface area contributed by atoms with Gasteiger partial charge in [-0.05, 0) is 18.6 Å². The Labute approximate surface area is 75.4 Å². The number of hydrogen-bond acceptors (Lipinski definition) is 4. The van der Waals surface area contributed by atoms with Crippen LogP contribution in [0.1, 0.15) is 5.56 Å². The molecule has 0 aliphatic carbocycles. The smallest absolute Gasteiger partial charge is 0.394 e. The average molecular weight is 207 g/mol. The first-order valence-electron chi connectivity index (χ1n) is 3.10. The maximum atomic E-state index is 8.86. The monoisotopic (exact) mass is 207 g/mol. The van der Waals surface area contributed by atoms with Gasteiger partial charge >= 0.3 is 10.4 Å². The number of aryl methyl sites for hydroxylation is 1. The van der Waals surface area contributed by atoms with Crippen molar-refractivity contribution in [2.24, 2.45) is 0 Å². The van der Waals surface area contributed by atoms with Gasteiger partial charge < -0.3 is 5.11 Å². The summed E-state index contributed by atoms with van der Waals surface area (Å²) in [6.07, 6.45) is 3.07. The molecule has 0 aliphatic heterocycles. The summed E-state index contributed by atoms with van der Waals surface area (Å²) in [5.74, 6) is 0.257. The fourth-order valence-electron chi connectivity index (χ4n) is 0.456. The quantitative estimate of drug-likeness (QED) is 0.533. The zero-order valence-electron chi connectivity index (χ0n) is 6.75. The third-order valence-electron chi connectivity index (χ3n) is 1.01. The molecule has 1 rings (SSSR count). The van der Waals surface area contributed by atoms with Gasteiger partial charge in [-0.3, -0.25) is 14.1 Å². The lowest BCUT2D eigenvalue weighted by Gasteiger charge is -1.91. The largest absolute Gasteiger partial charge is 0.506 e. The van der Waals surface area contributed by atoms with Crippen molar-refractivity contribution in [3.8, 4) is 5.75 Å². The molecule has 1 heterocycles. The molecule has 0 amide bonds. The second kappa shape index (κ2) is 4.75. The second-order valence-electron chi connectivity index (χ2n) is 2.11. The molecule has 7 heteroatoms. The fourth-order valence-corrected chi connectivity index (χ4v) is 0.456. The van der Waals surface area contributed by atoms with Crippen LogP contribution >= 0.6 is 0 Å². The molecule has 0 unspecified atom stereocenters. The van der Waals surface area contributed by atoms with Gasteiger partial charge in [-0.15, -0.1) is 0 Å². The van der Waals surface area contributed by atoms with E-state index in [0.717, 1.165) is 5.56 Å². The van der Waals surface area contributed by atoms with E-state index in [4.69, 9.17) is 22.6 Å². The molecule has 0 bridgehead atoms. The van der Waals surface area contributed by atoms with Crippen molar-refractivity contribution in [3.63, 3.8) is 0 Å². The summed E-state index contributed by atoms with van der Waals surface area (Å²) >= 11 is 0. The van der Waals surface area contributed by atoms with Crippen molar-refractivity contribution in [1.82, 2.24) is 4.98 Å². The third-order valence-corrected chi connectivity index (χ3v) is 1.01. The van der Waals surface area contributed by atoms with Crippen LogP contribution in [0.5, 0.6) is 5.75 Å². The van der Waals surface area contributed by atoms with Crippen molar-refractivity contribution >= 4 is 10.4 Å². The highest BCUT2D eigenvalue weighted by atomic mass is 32.3. The predicted octanol–water partition coefficient (Wildman–Crippen LogP) is 0.443. The molecule has 0 aliphatic rings. The maximum absolute atomic E-state index is 8.86. The number of nitrogens with zero attached hydrogens (tertiary/aromatic N) is 1. The third kappa shape index (κ3) is 8.73. The first-order valence-corrected chi connectivity index (χ1v) is 4.50. The Morgan fingerprint density at radius 2 is 1.85 bits per heavy atom. The van der Waals surface area contributed by atoms with Crippen molar-refractivity contribution in [1.29, 1.82) is 0 Å². The topological polar surface area (TPSA) is 108 Å². The van der Waals surface area contributed by atoms with E-state index in [9.17, 15) is 0 Å². The van der Waals surface area contributed by atoms with E-state index in [2.05, 4.69) is 4.98 Å². The Bertz CT molecular complexity index is 332. The van der Waals surface area contributed by atoms with E-state index in [1.54, 1.807) is 12.3 Å². The van der Waals surface area contributed by atoms with Crippen LogP contribution in [0, 0.1) is 6.92 Å². The van der Waals surface area contributed by atoms with Crippen LogP contribution in [-0.2, 0) is 10.4 Å². The summed E-state index contributed by atoms with van der Waals surface area (Å²) in [4.78, 5) is 3.70. The number of pyridine rings is 1. The molecular weight excluding hydrogens is 198 g/mol. The van der Waals surface area contributed by atoms with Crippen LogP contribution in [0.3, 0.4) is 0 Å². The highest BCUT2D eigenvalue weighted by molar-refractivity contribution is 7.79. The molecule has 0 radical (unpaired) electrons.